The predicted octanol–water partition coefficient (Wildman–Crippen LogP) is 2.05. The first-order valence-corrected chi connectivity index (χ1v) is 7.90. The first-order valence-electron chi connectivity index (χ1n) is 7.02. The maximum atomic E-state index is 12.5. The summed E-state index contributed by atoms with van der Waals surface area (Å²) < 4.78 is 5.12. The minimum atomic E-state index is -1.05. The molecular weight excluding hydrogens is 292 g/mol. The van der Waals surface area contributed by atoms with Gasteiger partial charge in [0.05, 0.1) is 12.0 Å². The van der Waals surface area contributed by atoms with Gasteiger partial charge in [-0.05, 0) is 19.3 Å². The summed E-state index contributed by atoms with van der Waals surface area (Å²) in [5, 5.41) is 13.8. The molecule has 7 heteroatoms. The zero-order valence-electron chi connectivity index (χ0n) is 12.1. The molecule has 1 heterocycles. The van der Waals surface area contributed by atoms with Gasteiger partial charge in [-0.25, -0.2) is 9.78 Å². The summed E-state index contributed by atoms with van der Waals surface area (Å²) in [6.45, 7) is 0.860. The van der Waals surface area contributed by atoms with Crippen molar-refractivity contribution < 1.29 is 19.4 Å². The van der Waals surface area contributed by atoms with Gasteiger partial charge >= 0.3 is 5.97 Å². The van der Waals surface area contributed by atoms with Crippen molar-refractivity contribution in [2.24, 2.45) is 5.41 Å². The van der Waals surface area contributed by atoms with Gasteiger partial charge in [-0.1, -0.05) is 12.8 Å². The molecule has 0 radical (unpaired) electrons. The summed E-state index contributed by atoms with van der Waals surface area (Å²) in [7, 11) is 1.64. The highest BCUT2D eigenvalue weighted by Gasteiger charge is 2.40. The highest BCUT2D eigenvalue weighted by atomic mass is 32.1. The number of aromatic carboxylic acids is 1. The van der Waals surface area contributed by atoms with Gasteiger partial charge in [0.25, 0.3) is 0 Å². The molecule has 0 bridgehead atoms. The Balaban J connectivity index is 1.94. The van der Waals surface area contributed by atoms with E-state index < -0.39 is 5.97 Å². The Kier molecular flexibility index (Phi) is 5.30. The third-order valence-electron chi connectivity index (χ3n) is 4.00. The van der Waals surface area contributed by atoms with Crippen molar-refractivity contribution in [3.63, 3.8) is 0 Å². The van der Waals surface area contributed by atoms with Gasteiger partial charge in [-0.2, -0.15) is 0 Å². The van der Waals surface area contributed by atoms with Gasteiger partial charge in [-0.15, -0.1) is 11.3 Å². The molecule has 116 valence electrons. The van der Waals surface area contributed by atoms with Gasteiger partial charge in [0.2, 0.25) is 5.91 Å². The molecule has 2 N–H and O–H groups in total. The predicted molar refractivity (Wildman–Crippen MR) is 78.3 cm³/mol. The summed E-state index contributed by atoms with van der Waals surface area (Å²) >= 11 is 1.25. The van der Waals surface area contributed by atoms with Crippen LogP contribution in [0.3, 0.4) is 0 Å². The van der Waals surface area contributed by atoms with Crippen molar-refractivity contribution >= 4 is 23.2 Å². The smallest absolute Gasteiger partial charge is 0.355 e. The number of carboxylic acids is 1. The first-order chi connectivity index (χ1) is 10.1. The largest absolute Gasteiger partial charge is 0.476 e. The van der Waals surface area contributed by atoms with Crippen LogP contribution in [-0.2, 0) is 16.1 Å². The van der Waals surface area contributed by atoms with Crippen molar-refractivity contribution in [2.75, 3.05) is 13.7 Å². The van der Waals surface area contributed by atoms with E-state index in [0.29, 0.717) is 11.6 Å². The van der Waals surface area contributed by atoms with Crippen LogP contribution in [0.4, 0.5) is 0 Å². The van der Waals surface area contributed by atoms with Gasteiger partial charge in [-0.3, -0.25) is 4.79 Å². The number of hydrogen-bond acceptors (Lipinski definition) is 5. The number of rotatable bonds is 7. The van der Waals surface area contributed by atoms with E-state index in [2.05, 4.69) is 10.3 Å². The Morgan fingerprint density at radius 2 is 2.19 bits per heavy atom. The normalized spacial score (nSPS) is 16.8. The fourth-order valence-corrected chi connectivity index (χ4v) is 3.48. The number of carboxylic acid groups (broad SMARTS) is 1. The van der Waals surface area contributed by atoms with Crippen molar-refractivity contribution in [1.82, 2.24) is 10.3 Å². The molecule has 0 atom stereocenters. The number of carbonyl (C=O) groups excluding carboxylic acids is 1. The molecule has 1 aromatic heterocycles. The van der Waals surface area contributed by atoms with E-state index in [-0.39, 0.29) is 23.6 Å². The number of methoxy groups -OCH3 is 1. The minimum Gasteiger partial charge on any atom is -0.476 e. The number of aromatic nitrogens is 1. The third kappa shape index (κ3) is 3.79. The molecule has 1 aliphatic carbocycles. The second-order valence-corrected chi connectivity index (χ2v) is 6.29. The van der Waals surface area contributed by atoms with Crippen LogP contribution in [0.15, 0.2) is 5.38 Å². The van der Waals surface area contributed by atoms with Gasteiger partial charge < -0.3 is 15.2 Å². The Hall–Kier alpha value is -1.47. The van der Waals surface area contributed by atoms with E-state index in [0.717, 1.165) is 32.1 Å². The summed E-state index contributed by atoms with van der Waals surface area (Å²) in [6, 6.07) is 0. The maximum absolute atomic E-state index is 12.5. The maximum Gasteiger partial charge on any atom is 0.355 e. The lowest BCUT2D eigenvalue weighted by atomic mass is 9.82. The van der Waals surface area contributed by atoms with E-state index in [1.54, 1.807) is 7.11 Å². The van der Waals surface area contributed by atoms with Crippen LogP contribution >= 0.6 is 11.3 Å². The van der Waals surface area contributed by atoms with Crippen molar-refractivity contribution in [1.29, 1.82) is 0 Å². The molecule has 21 heavy (non-hydrogen) atoms. The SMILES string of the molecule is COCCC1(C(=O)NCc2nc(C(=O)O)cs2)CCCC1. The lowest BCUT2D eigenvalue weighted by molar-refractivity contribution is -0.132. The Morgan fingerprint density at radius 1 is 1.48 bits per heavy atom. The fraction of sp³-hybridized carbons (Fsp3) is 0.643. The molecule has 1 saturated carbocycles. The number of nitrogens with zero attached hydrogens (tertiary/aromatic N) is 1. The van der Waals surface area contributed by atoms with Crippen LogP contribution in [0.2, 0.25) is 0 Å². The number of amides is 1. The highest BCUT2D eigenvalue weighted by molar-refractivity contribution is 7.09. The Labute approximate surface area is 127 Å². The van der Waals surface area contributed by atoms with Crippen LogP contribution in [0.5, 0.6) is 0 Å². The molecule has 1 fully saturated rings. The van der Waals surface area contributed by atoms with Crippen LogP contribution in [-0.4, -0.2) is 35.7 Å². The Morgan fingerprint density at radius 3 is 2.76 bits per heavy atom. The summed E-state index contributed by atoms with van der Waals surface area (Å²) in [4.78, 5) is 27.2. The van der Waals surface area contributed by atoms with Crippen molar-refractivity contribution in [3.05, 3.63) is 16.1 Å². The topological polar surface area (TPSA) is 88.5 Å². The molecule has 2 rings (SSSR count). The number of carbonyl (C=O) groups is 2. The van der Waals surface area contributed by atoms with Crippen LogP contribution < -0.4 is 5.32 Å². The lowest BCUT2D eigenvalue weighted by Gasteiger charge is -2.27. The molecule has 0 spiro atoms. The summed E-state index contributed by atoms with van der Waals surface area (Å²) in [6.07, 6.45) is 4.64. The molecule has 1 amide bonds. The highest BCUT2D eigenvalue weighted by Crippen LogP contribution is 2.41. The van der Waals surface area contributed by atoms with Crippen LogP contribution in [0, 0.1) is 5.41 Å². The van der Waals surface area contributed by atoms with E-state index >= 15 is 0 Å². The number of thiazole rings is 1. The van der Waals surface area contributed by atoms with Crippen molar-refractivity contribution in [3.8, 4) is 0 Å². The molecule has 6 nitrogen and oxygen atoms in total. The van der Waals surface area contributed by atoms with Gasteiger partial charge in [0.15, 0.2) is 5.69 Å². The molecule has 0 aromatic carbocycles. The number of hydrogen-bond donors (Lipinski definition) is 2. The van der Waals surface area contributed by atoms with Gasteiger partial charge in [0.1, 0.15) is 5.01 Å². The second kappa shape index (κ2) is 7.00. The first kappa shape index (κ1) is 15.9. The average Bonchev–Trinajstić information content (AvgIpc) is 3.12. The molecule has 1 aliphatic rings. The zero-order valence-corrected chi connectivity index (χ0v) is 12.9. The number of ether oxygens (including phenoxy) is 1. The Bertz CT molecular complexity index is 509. The quantitative estimate of drug-likeness (QED) is 0.804. The van der Waals surface area contributed by atoms with E-state index in [4.69, 9.17) is 9.84 Å². The average molecular weight is 312 g/mol. The molecule has 0 unspecified atom stereocenters. The zero-order chi connectivity index (χ0) is 15.3. The summed E-state index contributed by atoms with van der Waals surface area (Å²) in [5.74, 6) is -1.01. The van der Waals surface area contributed by atoms with E-state index in [1.165, 1.54) is 16.7 Å². The van der Waals surface area contributed by atoms with E-state index in [1.807, 2.05) is 0 Å². The fourth-order valence-electron chi connectivity index (χ4n) is 2.77. The minimum absolute atomic E-state index is 0.0270. The molecule has 0 aliphatic heterocycles. The molecular formula is C14H20N2O4S. The number of nitrogens with one attached hydrogen (secondary N) is 1. The molecule has 1 aromatic rings. The van der Waals surface area contributed by atoms with Crippen LogP contribution in [0.25, 0.3) is 0 Å². The second-order valence-electron chi connectivity index (χ2n) is 5.34. The van der Waals surface area contributed by atoms with E-state index in [9.17, 15) is 9.59 Å². The monoisotopic (exact) mass is 312 g/mol. The molecule has 0 saturated heterocycles. The van der Waals surface area contributed by atoms with Crippen LogP contribution in [0.1, 0.15) is 47.6 Å². The summed E-state index contributed by atoms with van der Waals surface area (Å²) in [5.41, 5.74) is -0.303. The standard InChI is InChI=1S/C14H20N2O4S/c1-20-7-6-14(4-2-3-5-14)13(19)15-8-11-16-10(9-21-11)12(17)18/h9H,2-8H2,1H3,(H,15,19)(H,17,18). The lowest BCUT2D eigenvalue weighted by Crippen LogP contribution is -2.39. The third-order valence-corrected chi connectivity index (χ3v) is 4.85. The van der Waals surface area contributed by atoms with Gasteiger partial charge in [0, 0.05) is 19.1 Å². The van der Waals surface area contributed by atoms with Crippen molar-refractivity contribution in [2.45, 2.75) is 38.6 Å².